The van der Waals surface area contributed by atoms with Crippen molar-refractivity contribution in [2.75, 3.05) is 36.5 Å². The molecule has 1 aromatic heterocycles. The minimum absolute atomic E-state index is 0.123. The monoisotopic (exact) mass is 595 g/mol. The fraction of sp³-hybridized carbons (Fsp3) is 0.625. The number of rotatable bonds is 6. The Balaban J connectivity index is 1.10. The molecule has 9 nitrogen and oxygen atoms in total. The fourth-order valence-electron chi connectivity index (χ4n) is 8.03. The lowest BCUT2D eigenvalue weighted by Gasteiger charge is -2.58. The average molecular weight is 596 g/mol. The van der Waals surface area contributed by atoms with Gasteiger partial charge in [0.1, 0.15) is 11.5 Å². The Labute approximate surface area is 250 Å². The van der Waals surface area contributed by atoms with E-state index in [4.69, 9.17) is 4.98 Å². The summed E-state index contributed by atoms with van der Waals surface area (Å²) in [6.45, 7) is 10.0. The van der Waals surface area contributed by atoms with Gasteiger partial charge in [-0.2, -0.15) is 4.31 Å². The molecule has 1 aliphatic heterocycles. The van der Waals surface area contributed by atoms with Crippen LogP contribution in [0.1, 0.15) is 70.3 Å². The zero-order valence-electron chi connectivity index (χ0n) is 25.5. The van der Waals surface area contributed by atoms with E-state index < -0.39 is 21.2 Å². The highest BCUT2D eigenvalue weighted by Crippen LogP contribution is 2.55. The number of benzene rings is 1. The first kappa shape index (κ1) is 29.4. The van der Waals surface area contributed by atoms with E-state index in [2.05, 4.69) is 22.0 Å². The third kappa shape index (κ3) is 5.42. The van der Waals surface area contributed by atoms with Crippen LogP contribution in [0.2, 0.25) is 0 Å². The summed E-state index contributed by atoms with van der Waals surface area (Å²) in [4.78, 5) is 22.9. The van der Waals surface area contributed by atoms with Gasteiger partial charge in [-0.1, -0.05) is 6.07 Å². The fourth-order valence-corrected chi connectivity index (χ4v) is 9.55. The maximum atomic E-state index is 13.4. The number of piperazine rings is 1. The van der Waals surface area contributed by atoms with Crippen LogP contribution in [0.5, 0.6) is 0 Å². The Morgan fingerprint density at radius 2 is 1.71 bits per heavy atom. The van der Waals surface area contributed by atoms with E-state index in [0.29, 0.717) is 28.3 Å². The first-order chi connectivity index (χ1) is 19.7. The number of sulfonamides is 1. The van der Waals surface area contributed by atoms with Crippen LogP contribution < -0.4 is 15.1 Å². The SMILES string of the molecule is CC1CN(c2ccc(S(=O)(=O)N(C)C(C)(C)C)cc2)CCN1c1cccc(C(=O)NC2C3CC4CC2CC(O)(C4)C3)n1. The van der Waals surface area contributed by atoms with Gasteiger partial charge in [0.25, 0.3) is 5.91 Å². The average Bonchev–Trinajstić information content (AvgIpc) is 2.93. The molecule has 5 fully saturated rings. The Morgan fingerprint density at radius 1 is 1.05 bits per heavy atom. The Kier molecular flexibility index (Phi) is 7.34. The first-order valence-corrected chi connectivity index (χ1v) is 16.8. The maximum Gasteiger partial charge on any atom is 0.270 e. The van der Waals surface area contributed by atoms with Crippen molar-refractivity contribution < 1.29 is 18.3 Å². The first-order valence-electron chi connectivity index (χ1n) is 15.3. The van der Waals surface area contributed by atoms with E-state index in [1.54, 1.807) is 25.2 Å². The zero-order chi connectivity index (χ0) is 30.0. The van der Waals surface area contributed by atoms with Crippen molar-refractivity contribution in [2.45, 2.75) is 87.9 Å². The van der Waals surface area contributed by atoms with Crippen molar-refractivity contribution in [3.05, 3.63) is 48.2 Å². The number of nitrogens with one attached hydrogen (secondary N) is 1. The molecule has 7 rings (SSSR count). The number of aliphatic hydroxyl groups is 1. The number of pyridine rings is 1. The molecule has 1 amide bonds. The number of anilines is 2. The van der Waals surface area contributed by atoms with Crippen molar-refractivity contribution in [3.8, 4) is 0 Å². The van der Waals surface area contributed by atoms with Crippen LogP contribution in [0.25, 0.3) is 0 Å². The van der Waals surface area contributed by atoms with Crippen LogP contribution in [0, 0.1) is 17.8 Å². The molecule has 10 heteroatoms. The van der Waals surface area contributed by atoms with E-state index in [1.807, 2.05) is 45.0 Å². The molecule has 2 N–H and O–H groups in total. The van der Waals surface area contributed by atoms with Crippen LogP contribution in [0.3, 0.4) is 0 Å². The van der Waals surface area contributed by atoms with E-state index >= 15 is 0 Å². The molecule has 5 aliphatic rings. The van der Waals surface area contributed by atoms with Crippen molar-refractivity contribution in [1.29, 1.82) is 0 Å². The molecule has 2 heterocycles. The zero-order valence-corrected chi connectivity index (χ0v) is 26.3. The summed E-state index contributed by atoms with van der Waals surface area (Å²) in [6.07, 6.45) is 4.73. The number of hydrogen-bond acceptors (Lipinski definition) is 7. The highest BCUT2D eigenvalue weighted by atomic mass is 32.2. The van der Waals surface area contributed by atoms with E-state index in [9.17, 15) is 18.3 Å². The molecule has 4 aliphatic carbocycles. The van der Waals surface area contributed by atoms with Crippen molar-refractivity contribution in [1.82, 2.24) is 14.6 Å². The molecule has 1 saturated heterocycles. The van der Waals surface area contributed by atoms with E-state index in [0.717, 1.165) is 63.2 Å². The molecular weight excluding hydrogens is 550 g/mol. The van der Waals surface area contributed by atoms with Gasteiger partial charge in [-0.15, -0.1) is 0 Å². The van der Waals surface area contributed by atoms with Crippen LogP contribution in [-0.4, -0.2) is 78.6 Å². The lowest BCUT2D eigenvalue weighted by atomic mass is 9.52. The van der Waals surface area contributed by atoms with Gasteiger partial charge in [0.05, 0.1) is 10.5 Å². The summed E-state index contributed by atoms with van der Waals surface area (Å²) in [5.74, 6) is 1.98. The minimum atomic E-state index is -3.57. The van der Waals surface area contributed by atoms with Gasteiger partial charge in [-0.05, 0) is 114 Å². The molecule has 42 heavy (non-hydrogen) atoms. The van der Waals surface area contributed by atoms with Crippen LogP contribution in [-0.2, 0) is 10.0 Å². The number of aromatic nitrogens is 1. The number of hydrogen-bond donors (Lipinski definition) is 2. The molecule has 2 aromatic rings. The van der Waals surface area contributed by atoms with Gasteiger partial charge in [0.2, 0.25) is 10.0 Å². The standard InChI is InChI=1S/C32H45N5O4S/c1-21-20-36(25-9-11-26(12-10-25)42(40,41)35(5)31(2,3)4)13-14-37(21)28-8-6-7-27(33-28)30(38)34-29-23-15-22-16-24(29)19-32(39,17-22)18-23/h6-12,21-24,29,39H,13-20H2,1-5H3,(H,34,38). The molecule has 3 atom stereocenters. The number of carbonyl (C=O) groups excluding carboxylic acids is 1. The molecule has 0 radical (unpaired) electrons. The third-order valence-corrected chi connectivity index (χ3v) is 12.4. The van der Waals surface area contributed by atoms with E-state index in [-0.39, 0.29) is 18.0 Å². The van der Waals surface area contributed by atoms with Crippen LogP contribution in [0.15, 0.2) is 47.4 Å². The second-order valence-electron chi connectivity index (χ2n) is 14.2. The summed E-state index contributed by atoms with van der Waals surface area (Å²) < 4.78 is 27.5. The predicted octanol–water partition coefficient (Wildman–Crippen LogP) is 3.89. The molecule has 228 valence electrons. The Hall–Kier alpha value is -2.69. The summed E-state index contributed by atoms with van der Waals surface area (Å²) in [5, 5.41) is 14.2. The Bertz CT molecular complexity index is 1420. The third-order valence-electron chi connectivity index (χ3n) is 10.2. The van der Waals surface area contributed by atoms with Crippen LogP contribution >= 0.6 is 0 Å². The second-order valence-corrected chi connectivity index (χ2v) is 16.2. The van der Waals surface area contributed by atoms with Crippen molar-refractivity contribution in [2.24, 2.45) is 17.8 Å². The van der Waals surface area contributed by atoms with Gasteiger partial charge in [-0.25, -0.2) is 13.4 Å². The largest absolute Gasteiger partial charge is 0.390 e. The van der Waals surface area contributed by atoms with Gasteiger partial charge in [-0.3, -0.25) is 4.79 Å². The summed E-state index contributed by atoms with van der Waals surface area (Å²) in [7, 11) is -1.96. The summed E-state index contributed by atoms with van der Waals surface area (Å²) >= 11 is 0. The predicted molar refractivity (Wildman–Crippen MR) is 164 cm³/mol. The van der Waals surface area contributed by atoms with E-state index in [1.165, 1.54) is 4.31 Å². The van der Waals surface area contributed by atoms with Crippen molar-refractivity contribution in [3.63, 3.8) is 0 Å². The van der Waals surface area contributed by atoms with Gasteiger partial charge < -0.3 is 20.2 Å². The Morgan fingerprint density at radius 3 is 2.31 bits per heavy atom. The lowest BCUT2D eigenvalue weighted by Crippen LogP contribution is -2.61. The summed E-state index contributed by atoms with van der Waals surface area (Å²) in [5.41, 5.74) is 0.400. The lowest BCUT2D eigenvalue weighted by molar-refractivity contribution is -0.136. The molecular formula is C32H45N5O4S. The highest BCUT2D eigenvalue weighted by molar-refractivity contribution is 7.89. The quantitative estimate of drug-likeness (QED) is 0.522. The normalized spacial score (nSPS) is 31.1. The molecule has 0 spiro atoms. The number of amides is 1. The molecule has 3 unspecified atom stereocenters. The minimum Gasteiger partial charge on any atom is -0.390 e. The van der Waals surface area contributed by atoms with Gasteiger partial charge in [0, 0.05) is 50.0 Å². The summed E-state index contributed by atoms with van der Waals surface area (Å²) in [6, 6.07) is 13.1. The smallest absolute Gasteiger partial charge is 0.270 e. The molecule has 4 bridgehead atoms. The van der Waals surface area contributed by atoms with Gasteiger partial charge >= 0.3 is 0 Å². The second kappa shape index (κ2) is 10.5. The number of carbonyl (C=O) groups is 1. The highest BCUT2D eigenvalue weighted by Gasteiger charge is 2.55. The maximum absolute atomic E-state index is 13.4. The van der Waals surface area contributed by atoms with Crippen LogP contribution in [0.4, 0.5) is 11.5 Å². The van der Waals surface area contributed by atoms with Crippen molar-refractivity contribution >= 4 is 27.4 Å². The molecule has 1 aromatic carbocycles. The molecule has 4 saturated carbocycles. The topological polar surface area (TPSA) is 106 Å². The van der Waals surface area contributed by atoms with Gasteiger partial charge in [0.15, 0.2) is 0 Å². The number of nitrogens with zero attached hydrogens (tertiary/aromatic N) is 4.